The molecule has 5 nitrogen and oxygen atoms in total. The normalized spacial score (nSPS) is 20.1. The zero-order valence-corrected chi connectivity index (χ0v) is 19.2. The number of allylic oxidation sites excluding steroid dienone is 2. The van der Waals surface area contributed by atoms with E-state index < -0.39 is 0 Å². The van der Waals surface area contributed by atoms with Gasteiger partial charge in [-0.2, -0.15) is 4.91 Å². The second kappa shape index (κ2) is 14.0. The molecule has 1 unspecified atom stereocenters. The molecule has 3 atom stereocenters. The Balaban J connectivity index is 1.86. The summed E-state index contributed by atoms with van der Waals surface area (Å²) in [6.45, 7) is 4.00. The summed E-state index contributed by atoms with van der Waals surface area (Å²) < 4.78 is 0. The molecule has 31 heavy (non-hydrogen) atoms. The van der Waals surface area contributed by atoms with Crippen LogP contribution in [0.3, 0.4) is 0 Å². The van der Waals surface area contributed by atoms with Gasteiger partial charge in [-0.25, -0.2) is 0 Å². The predicted molar refractivity (Wildman–Crippen MR) is 127 cm³/mol. The molecule has 2 rings (SSSR count). The molecule has 1 aromatic carbocycles. The van der Waals surface area contributed by atoms with Crippen molar-refractivity contribution >= 4 is 5.78 Å². The number of hydrogen-bond acceptors (Lipinski definition) is 5. The Hall–Kier alpha value is -2.17. The number of rotatable bonds is 15. The molecule has 1 aliphatic carbocycles. The van der Waals surface area contributed by atoms with Crippen molar-refractivity contribution in [1.29, 1.82) is 0 Å². The van der Waals surface area contributed by atoms with Gasteiger partial charge in [0.15, 0.2) is 0 Å². The molecule has 1 fully saturated rings. The molecule has 0 aromatic heterocycles. The summed E-state index contributed by atoms with van der Waals surface area (Å²) in [5.41, 5.74) is 2.83. The highest BCUT2D eigenvalue weighted by molar-refractivity contribution is 5.84. The lowest BCUT2D eigenvalue weighted by atomic mass is 9.84. The van der Waals surface area contributed by atoms with E-state index in [4.69, 9.17) is 0 Å². The van der Waals surface area contributed by atoms with Gasteiger partial charge >= 0.3 is 0 Å². The SMILES string of the molecule is C/C=C(/CCCCCC[C@H]1C(=O)CCC1c1ccc([C@H](CCCCC)N=O)cc1)N=O. The Bertz CT molecular complexity index is 727. The molecule has 0 heterocycles. The summed E-state index contributed by atoms with van der Waals surface area (Å²) in [7, 11) is 0. The highest BCUT2D eigenvalue weighted by Gasteiger charge is 2.34. The van der Waals surface area contributed by atoms with Crippen LogP contribution < -0.4 is 0 Å². The van der Waals surface area contributed by atoms with Crippen molar-refractivity contribution in [2.24, 2.45) is 16.3 Å². The maximum atomic E-state index is 12.5. The lowest BCUT2D eigenvalue weighted by Crippen LogP contribution is -2.13. The van der Waals surface area contributed by atoms with Gasteiger partial charge in [-0.05, 0) is 61.2 Å². The van der Waals surface area contributed by atoms with Gasteiger partial charge in [-0.1, -0.05) is 81.0 Å². The van der Waals surface area contributed by atoms with Crippen molar-refractivity contribution in [2.45, 2.75) is 103 Å². The molecule has 170 valence electrons. The molecule has 0 bridgehead atoms. The standard InChI is InChI=1S/C26H38N2O3/c1-3-5-8-13-25(28-31)21-16-14-20(15-17-21)23-18-19-26(29)24(23)12-10-7-6-9-11-22(4-2)27-30/h4,14-17,23-25H,3,5-13,18-19H2,1-2H3/b22-4-/t23?,24-,25+/m1/s1. The van der Waals surface area contributed by atoms with Crippen molar-refractivity contribution in [1.82, 2.24) is 0 Å². The lowest BCUT2D eigenvalue weighted by Gasteiger charge is -2.19. The Labute approximate surface area is 187 Å². The maximum Gasteiger partial charge on any atom is 0.136 e. The van der Waals surface area contributed by atoms with Crippen LogP contribution in [0.25, 0.3) is 0 Å². The summed E-state index contributed by atoms with van der Waals surface area (Å²) in [6.07, 6.45) is 13.3. The summed E-state index contributed by atoms with van der Waals surface area (Å²) in [5.74, 6) is 0.791. The zero-order valence-electron chi connectivity index (χ0n) is 19.2. The summed E-state index contributed by atoms with van der Waals surface area (Å²) in [6, 6.07) is 8.02. The average Bonchev–Trinajstić information content (AvgIpc) is 3.17. The minimum absolute atomic E-state index is 0.109. The van der Waals surface area contributed by atoms with Crippen LogP contribution in [0.15, 0.2) is 46.4 Å². The van der Waals surface area contributed by atoms with Gasteiger partial charge < -0.3 is 0 Å². The van der Waals surface area contributed by atoms with Crippen molar-refractivity contribution in [3.05, 3.63) is 57.0 Å². The fourth-order valence-corrected chi connectivity index (χ4v) is 4.77. The van der Waals surface area contributed by atoms with E-state index in [9.17, 15) is 14.6 Å². The first-order chi connectivity index (χ1) is 15.1. The molecule has 1 aliphatic rings. The van der Waals surface area contributed by atoms with Crippen LogP contribution in [0.1, 0.15) is 114 Å². The number of Topliss-reactive ketones (excluding diaryl/α,β-unsaturated/α-hetero) is 1. The van der Waals surface area contributed by atoms with E-state index in [1.54, 1.807) is 6.08 Å². The van der Waals surface area contributed by atoms with Gasteiger partial charge in [-0.15, -0.1) is 4.91 Å². The zero-order chi connectivity index (χ0) is 22.5. The number of nitrogens with zero attached hydrogens (tertiary/aromatic N) is 2. The Morgan fingerprint density at radius 1 is 1.06 bits per heavy atom. The molecule has 0 saturated heterocycles. The van der Waals surface area contributed by atoms with Gasteiger partial charge in [0, 0.05) is 12.3 Å². The molecule has 1 saturated carbocycles. The molecule has 5 heteroatoms. The third-order valence-electron chi connectivity index (χ3n) is 6.71. The minimum atomic E-state index is -0.265. The first-order valence-corrected chi connectivity index (χ1v) is 12.1. The van der Waals surface area contributed by atoms with Crippen LogP contribution in [0.5, 0.6) is 0 Å². The van der Waals surface area contributed by atoms with Gasteiger partial charge in [-0.3, -0.25) is 4.79 Å². The second-order valence-electron chi connectivity index (χ2n) is 8.83. The number of ketones is 1. The molecule has 0 spiro atoms. The topological polar surface area (TPSA) is 75.9 Å². The van der Waals surface area contributed by atoms with Crippen LogP contribution >= 0.6 is 0 Å². The minimum Gasteiger partial charge on any atom is -0.299 e. The number of hydrogen-bond donors (Lipinski definition) is 0. The van der Waals surface area contributed by atoms with E-state index in [1.807, 2.05) is 19.1 Å². The van der Waals surface area contributed by atoms with E-state index in [2.05, 4.69) is 29.4 Å². The number of unbranched alkanes of at least 4 members (excludes halogenated alkanes) is 5. The summed E-state index contributed by atoms with van der Waals surface area (Å²) >= 11 is 0. The number of nitroso groups, excluding NO2 is 2. The summed E-state index contributed by atoms with van der Waals surface area (Å²) in [5, 5.41) is 6.36. The molecule has 0 amide bonds. The third-order valence-corrected chi connectivity index (χ3v) is 6.71. The number of carbonyl (C=O) groups excluding carboxylic acids is 1. The highest BCUT2D eigenvalue weighted by Crippen LogP contribution is 2.40. The van der Waals surface area contributed by atoms with Crippen LogP contribution in [0.2, 0.25) is 0 Å². The van der Waals surface area contributed by atoms with E-state index in [0.717, 1.165) is 76.2 Å². The molecular formula is C26H38N2O3. The molecule has 0 N–H and O–H groups in total. The molecule has 1 aromatic rings. The monoisotopic (exact) mass is 426 g/mol. The Kier molecular flexibility index (Phi) is 11.3. The predicted octanol–water partition coefficient (Wildman–Crippen LogP) is 8.15. The number of carbonyl (C=O) groups is 1. The fourth-order valence-electron chi connectivity index (χ4n) is 4.77. The molecule has 0 radical (unpaired) electrons. The quantitative estimate of drug-likeness (QED) is 0.210. The van der Waals surface area contributed by atoms with Gasteiger partial charge in [0.25, 0.3) is 0 Å². The van der Waals surface area contributed by atoms with E-state index in [-0.39, 0.29) is 17.9 Å². The number of benzene rings is 1. The molecular weight excluding hydrogens is 388 g/mol. The largest absolute Gasteiger partial charge is 0.299 e. The molecule has 0 aliphatic heterocycles. The van der Waals surface area contributed by atoms with E-state index >= 15 is 0 Å². The average molecular weight is 427 g/mol. The lowest BCUT2D eigenvalue weighted by molar-refractivity contribution is -0.121. The highest BCUT2D eigenvalue weighted by atomic mass is 16.3. The van der Waals surface area contributed by atoms with E-state index in [1.165, 1.54) is 5.56 Å². The van der Waals surface area contributed by atoms with Crippen molar-refractivity contribution < 1.29 is 4.79 Å². The Morgan fingerprint density at radius 3 is 2.45 bits per heavy atom. The van der Waals surface area contributed by atoms with Crippen LogP contribution in [0, 0.1) is 15.7 Å². The van der Waals surface area contributed by atoms with Crippen LogP contribution in [-0.2, 0) is 4.79 Å². The maximum absolute atomic E-state index is 12.5. The van der Waals surface area contributed by atoms with Crippen molar-refractivity contribution in [3.63, 3.8) is 0 Å². The van der Waals surface area contributed by atoms with Crippen LogP contribution in [0.4, 0.5) is 0 Å². The first-order valence-electron chi connectivity index (χ1n) is 12.1. The smallest absolute Gasteiger partial charge is 0.136 e. The second-order valence-corrected chi connectivity index (χ2v) is 8.83. The van der Waals surface area contributed by atoms with Crippen molar-refractivity contribution in [2.75, 3.05) is 0 Å². The fraction of sp³-hybridized carbons (Fsp3) is 0.654. The first kappa shape index (κ1) is 25.1. The third kappa shape index (κ3) is 7.79. The van der Waals surface area contributed by atoms with Gasteiger partial charge in [0.05, 0.1) is 5.70 Å². The van der Waals surface area contributed by atoms with Gasteiger partial charge in [0.2, 0.25) is 0 Å². The Morgan fingerprint density at radius 2 is 1.81 bits per heavy atom. The van der Waals surface area contributed by atoms with E-state index in [0.29, 0.717) is 17.9 Å². The summed E-state index contributed by atoms with van der Waals surface area (Å²) in [4.78, 5) is 34.4. The van der Waals surface area contributed by atoms with Crippen LogP contribution in [-0.4, -0.2) is 5.78 Å². The van der Waals surface area contributed by atoms with Crippen molar-refractivity contribution in [3.8, 4) is 0 Å². The van der Waals surface area contributed by atoms with Gasteiger partial charge in [0.1, 0.15) is 11.8 Å².